The first-order valence-electron chi connectivity index (χ1n) is 11.0. The van der Waals surface area contributed by atoms with Crippen molar-refractivity contribution in [2.45, 2.75) is 39.7 Å². The van der Waals surface area contributed by atoms with E-state index in [1.807, 2.05) is 6.07 Å². The summed E-state index contributed by atoms with van der Waals surface area (Å²) in [4.78, 5) is 12.9. The Morgan fingerprint density at radius 1 is 1.10 bits per heavy atom. The number of ether oxygens (including phenoxy) is 2. The van der Waals surface area contributed by atoms with Crippen molar-refractivity contribution in [1.29, 1.82) is 0 Å². The lowest BCUT2D eigenvalue weighted by atomic mass is 9.94. The third-order valence-electron chi connectivity index (χ3n) is 6.18. The molecule has 2 saturated heterocycles. The summed E-state index contributed by atoms with van der Waals surface area (Å²) in [6.45, 7) is 6.28. The molecule has 1 aromatic rings. The Labute approximate surface area is 186 Å². The predicted octanol–water partition coefficient (Wildman–Crippen LogP) is 2.25. The number of amides is 1. The van der Waals surface area contributed by atoms with Crippen molar-refractivity contribution < 1.29 is 22.7 Å². The van der Waals surface area contributed by atoms with Crippen LogP contribution < -0.4 is 14.8 Å². The molecule has 3 rings (SSSR count). The van der Waals surface area contributed by atoms with Gasteiger partial charge in [-0.05, 0) is 49.3 Å². The standard InChI is InChI=1S/C22H35N3O5S/c1-16-10-17(2)14-25(13-16)31(27,28)24-9-5-6-18(15-24)22(26)23-12-19-11-20(29-3)7-8-21(19)30-4/h7-8,11,16-18H,5-6,9-10,12-15H2,1-4H3,(H,23,26)/t16-,17-,18-/m1/s1. The molecule has 0 aliphatic carbocycles. The van der Waals surface area contributed by atoms with E-state index in [1.165, 1.54) is 4.31 Å². The number of benzene rings is 1. The topological polar surface area (TPSA) is 88.2 Å². The van der Waals surface area contributed by atoms with Gasteiger partial charge in [0.05, 0.1) is 20.1 Å². The molecule has 0 bridgehead atoms. The zero-order chi connectivity index (χ0) is 22.6. The average molecular weight is 454 g/mol. The largest absolute Gasteiger partial charge is 0.497 e. The van der Waals surface area contributed by atoms with E-state index in [-0.39, 0.29) is 18.4 Å². The summed E-state index contributed by atoms with van der Waals surface area (Å²) in [5.74, 6) is 1.55. The highest BCUT2D eigenvalue weighted by molar-refractivity contribution is 7.86. The van der Waals surface area contributed by atoms with E-state index in [9.17, 15) is 13.2 Å². The smallest absolute Gasteiger partial charge is 0.282 e. The van der Waals surface area contributed by atoms with Crippen LogP contribution in [0.3, 0.4) is 0 Å². The molecule has 0 saturated carbocycles. The SMILES string of the molecule is COc1ccc(OC)c(CNC(=O)[C@@H]2CCCN(S(=O)(=O)N3C[C@H](C)C[C@@H](C)C3)C2)c1. The van der Waals surface area contributed by atoms with Crippen molar-refractivity contribution in [2.24, 2.45) is 17.8 Å². The number of rotatable bonds is 7. The van der Waals surface area contributed by atoms with Crippen molar-refractivity contribution >= 4 is 16.1 Å². The summed E-state index contributed by atoms with van der Waals surface area (Å²) in [7, 11) is -0.383. The molecule has 9 heteroatoms. The maximum atomic E-state index is 13.2. The van der Waals surface area contributed by atoms with Crippen molar-refractivity contribution in [3.05, 3.63) is 23.8 Å². The molecule has 174 valence electrons. The minimum absolute atomic E-state index is 0.134. The van der Waals surface area contributed by atoms with Gasteiger partial charge in [0, 0.05) is 38.3 Å². The van der Waals surface area contributed by atoms with E-state index < -0.39 is 10.2 Å². The Kier molecular flexibility index (Phi) is 7.82. The summed E-state index contributed by atoms with van der Waals surface area (Å²) in [5.41, 5.74) is 0.812. The van der Waals surface area contributed by atoms with E-state index in [0.29, 0.717) is 62.4 Å². The maximum Gasteiger partial charge on any atom is 0.282 e. The van der Waals surface area contributed by atoms with Gasteiger partial charge < -0.3 is 14.8 Å². The molecule has 1 amide bonds. The second kappa shape index (κ2) is 10.2. The molecule has 0 radical (unpaired) electrons. The number of hydrogen-bond donors (Lipinski definition) is 1. The van der Waals surface area contributed by atoms with Crippen LogP contribution in [0.2, 0.25) is 0 Å². The Morgan fingerprint density at radius 3 is 2.45 bits per heavy atom. The highest BCUT2D eigenvalue weighted by Crippen LogP contribution is 2.28. The molecule has 2 aliphatic rings. The van der Waals surface area contributed by atoms with Gasteiger partial charge >= 0.3 is 0 Å². The predicted molar refractivity (Wildman–Crippen MR) is 119 cm³/mol. The summed E-state index contributed by atoms with van der Waals surface area (Å²) in [6, 6.07) is 5.43. The second-order valence-electron chi connectivity index (χ2n) is 8.86. The lowest BCUT2D eigenvalue weighted by Gasteiger charge is -2.39. The molecule has 2 heterocycles. The third kappa shape index (κ3) is 5.70. The molecular weight excluding hydrogens is 418 g/mol. The Hall–Kier alpha value is -1.84. The van der Waals surface area contributed by atoms with Crippen LogP contribution in [0.15, 0.2) is 18.2 Å². The number of nitrogens with zero attached hydrogens (tertiary/aromatic N) is 2. The second-order valence-corrected chi connectivity index (χ2v) is 10.8. The van der Waals surface area contributed by atoms with Gasteiger partial charge in [0.25, 0.3) is 10.2 Å². The number of hydrogen-bond acceptors (Lipinski definition) is 5. The third-order valence-corrected chi connectivity index (χ3v) is 8.12. The Morgan fingerprint density at radius 2 is 1.81 bits per heavy atom. The van der Waals surface area contributed by atoms with Gasteiger partial charge in [-0.3, -0.25) is 4.79 Å². The first kappa shape index (κ1) is 23.8. The summed E-state index contributed by atoms with van der Waals surface area (Å²) >= 11 is 0. The lowest BCUT2D eigenvalue weighted by Crippen LogP contribution is -2.53. The van der Waals surface area contributed by atoms with Gasteiger partial charge in [-0.1, -0.05) is 13.8 Å². The van der Waals surface area contributed by atoms with Gasteiger partial charge in [-0.2, -0.15) is 17.0 Å². The van der Waals surface area contributed by atoms with E-state index in [0.717, 1.165) is 12.0 Å². The minimum Gasteiger partial charge on any atom is -0.497 e. The van der Waals surface area contributed by atoms with E-state index >= 15 is 0 Å². The molecule has 0 aromatic heterocycles. The highest BCUT2D eigenvalue weighted by Gasteiger charge is 2.38. The van der Waals surface area contributed by atoms with Crippen LogP contribution in [0.5, 0.6) is 11.5 Å². The Balaban J connectivity index is 1.63. The molecule has 0 spiro atoms. The van der Waals surface area contributed by atoms with Gasteiger partial charge in [0.1, 0.15) is 11.5 Å². The Bertz CT molecular complexity index is 866. The number of methoxy groups -OCH3 is 2. The van der Waals surface area contributed by atoms with Crippen molar-refractivity contribution in [2.75, 3.05) is 40.4 Å². The van der Waals surface area contributed by atoms with Crippen LogP contribution in [0.4, 0.5) is 0 Å². The number of piperidine rings is 2. The summed E-state index contributed by atoms with van der Waals surface area (Å²) in [5, 5.41) is 2.95. The highest BCUT2D eigenvalue weighted by atomic mass is 32.2. The molecule has 2 fully saturated rings. The zero-order valence-corrected chi connectivity index (χ0v) is 19.8. The summed E-state index contributed by atoms with van der Waals surface area (Å²) in [6.07, 6.45) is 2.41. The number of carbonyl (C=O) groups is 1. The van der Waals surface area contributed by atoms with Crippen LogP contribution in [-0.2, 0) is 21.5 Å². The van der Waals surface area contributed by atoms with E-state index in [2.05, 4.69) is 19.2 Å². The molecule has 1 aromatic carbocycles. The van der Waals surface area contributed by atoms with Crippen LogP contribution in [0.25, 0.3) is 0 Å². The van der Waals surface area contributed by atoms with Crippen molar-refractivity contribution in [1.82, 2.24) is 13.9 Å². The first-order chi connectivity index (χ1) is 14.7. The van der Waals surface area contributed by atoms with Crippen LogP contribution >= 0.6 is 0 Å². The van der Waals surface area contributed by atoms with Crippen LogP contribution in [-0.4, -0.2) is 63.3 Å². The molecule has 1 N–H and O–H groups in total. The first-order valence-corrected chi connectivity index (χ1v) is 12.4. The fourth-order valence-corrected chi connectivity index (χ4v) is 6.61. The van der Waals surface area contributed by atoms with E-state index in [4.69, 9.17) is 9.47 Å². The minimum atomic E-state index is -3.55. The monoisotopic (exact) mass is 453 g/mol. The zero-order valence-electron chi connectivity index (χ0n) is 19.0. The van der Waals surface area contributed by atoms with Crippen molar-refractivity contribution in [3.8, 4) is 11.5 Å². The normalized spacial score (nSPS) is 25.7. The maximum absolute atomic E-state index is 13.2. The number of nitrogens with one attached hydrogen (secondary N) is 1. The number of carbonyl (C=O) groups excluding carboxylic acids is 1. The van der Waals surface area contributed by atoms with Gasteiger partial charge in [0.2, 0.25) is 5.91 Å². The van der Waals surface area contributed by atoms with Crippen molar-refractivity contribution in [3.63, 3.8) is 0 Å². The lowest BCUT2D eigenvalue weighted by molar-refractivity contribution is -0.126. The molecule has 3 atom stereocenters. The molecule has 0 unspecified atom stereocenters. The van der Waals surface area contributed by atoms with Crippen LogP contribution in [0, 0.1) is 17.8 Å². The summed E-state index contributed by atoms with van der Waals surface area (Å²) < 4.78 is 40.2. The quantitative estimate of drug-likeness (QED) is 0.684. The van der Waals surface area contributed by atoms with E-state index in [1.54, 1.807) is 30.7 Å². The average Bonchev–Trinajstić information content (AvgIpc) is 2.76. The molecule has 31 heavy (non-hydrogen) atoms. The molecule has 2 aliphatic heterocycles. The van der Waals surface area contributed by atoms with Gasteiger partial charge in [0.15, 0.2) is 0 Å². The fraction of sp³-hybridized carbons (Fsp3) is 0.682. The van der Waals surface area contributed by atoms with Gasteiger partial charge in [-0.25, -0.2) is 0 Å². The van der Waals surface area contributed by atoms with Crippen LogP contribution in [0.1, 0.15) is 38.7 Å². The fourth-order valence-electron chi connectivity index (χ4n) is 4.67. The van der Waals surface area contributed by atoms with Gasteiger partial charge in [-0.15, -0.1) is 0 Å². The molecular formula is C22H35N3O5S. The molecule has 8 nitrogen and oxygen atoms in total.